The Bertz CT molecular complexity index is 644. The van der Waals surface area contributed by atoms with Crippen LogP contribution in [0.1, 0.15) is 30.4 Å². The minimum atomic E-state index is -0.996. The van der Waals surface area contributed by atoms with Gasteiger partial charge in [0.2, 0.25) is 0 Å². The summed E-state index contributed by atoms with van der Waals surface area (Å²) < 4.78 is 32.1. The van der Waals surface area contributed by atoms with Gasteiger partial charge >= 0.3 is 0 Å². The lowest BCUT2D eigenvalue weighted by Crippen LogP contribution is -2.06. The molecule has 0 aliphatic heterocycles. The lowest BCUT2D eigenvalue weighted by molar-refractivity contribution is 0.242. The third kappa shape index (κ3) is 3.86. The van der Waals surface area contributed by atoms with Crippen LogP contribution in [0, 0.1) is 11.6 Å². The second-order valence-electron chi connectivity index (χ2n) is 4.89. The molecule has 21 heavy (non-hydrogen) atoms. The van der Waals surface area contributed by atoms with E-state index in [0.29, 0.717) is 16.9 Å². The number of hydrogen-bond donors (Lipinski definition) is 0. The number of alkyl halides is 1. The van der Waals surface area contributed by atoms with E-state index in [1.54, 1.807) is 24.3 Å². The summed E-state index contributed by atoms with van der Waals surface area (Å²) in [7, 11) is 0. The van der Waals surface area contributed by atoms with Crippen LogP contribution in [0.2, 0.25) is 5.02 Å². The van der Waals surface area contributed by atoms with Gasteiger partial charge in [0.15, 0.2) is 11.6 Å². The van der Waals surface area contributed by atoms with Crippen molar-refractivity contribution in [3.05, 3.63) is 64.2 Å². The van der Waals surface area contributed by atoms with E-state index in [4.69, 9.17) is 27.9 Å². The Labute approximate surface area is 132 Å². The molecule has 0 fully saturated rings. The van der Waals surface area contributed by atoms with Gasteiger partial charge in [-0.2, -0.15) is 0 Å². The normalized spacial score (nSPS) is 12.5. The zero-order chi connectivity index (χ0) is 15.6. The highest BCUT2D eigenvalue weighted by molar-refractivity contribution is 6.33. The van der Waals surface area contributed by atoms with Crippen molar-refractivity contribution in [3.63, 3.8) is 0 Å². The molecule has 0 aliphatic carbocycles. The van der Waals surface area contributed by atoms with E-state index in [2.05, 4.69) is 0 Å². The van der Waals surface area contributed by atoms with Crippen LogP contribution in [0.3, 0.4) is 0 Å². The number of rotatable bonds is 4. The van der Waals surface area contributed by atoms with Crippen molar-refractivity contribution < 1.29 is 13.5 Å². The van der Waals surface area contributed by atoms with Crippen LogP contribution >= 0.6 is 23.2 Å². The maximum atomic E-state index is 13.4. The first-order valence-corrected chi connectivity index (χ1v) is 7.25. The second kappa shape index (κ2) is 6.63. The van der Waals surface area contributed by atoms with E-state index in [-0.39, 0.29) is 11.1 Å². The SMILES string of the molecule is CC(C)Oc1cccc(C(Cl)c2cc(F)c(F)cc2Cl)c1. The summed E-state index contributed by atoms with van der Waals surface area (Å²) in [5.74, 6) is -1.31. The van der Waals surface area contributed by atoms with Crippen LogP contribution < -0.4 is 4.74 Å². The Morgan fingerprint density at radius 1 is 1.05 bits per heavy atom. The predicted molar refractivity (Wildman–Crippen MR) is 81.3 cm³/mol. The topological polar surface area (TPSA) is 9.23 Å². The van der Waals surface area contributed by atoms with Crippen LogP contribution in [-0.4, -0.2) is 6.10 Å². The van der Waals surface area contributed by atoms with Crippen molar-refractivity contribution in [2.75, 3.05) is 0 Å². The van der Waals surface area contributed by atoms with Crippen molar-refractivity contribution in [1.82, 2.24) is 0 Å². The summed E-state index contributed by atoms with van der Waals surface area (Å²) in [6.45, 7) is 3.83. The molecule has 0 aromatic heterocycles. The first-order valence-electron chi connectivity index (χ1n) is 6.43. The summed E-state index contributed by atoms with van der Waals surface area (Å²) in [6.07, 6.45) is 0.0286. The molecule has 0 saturated carbocycles. The molecular weight excluding hydrogens is 317 g/mol. The average Bonchev–Trinajstić information content (AvgIpc) is 2.41. The van der Waals surface area contributed by atoms with Gasteiger partial charge in [-0.1, -0.05) is 23.7 Å². The summed E-state index contributed by atoms with van der Waals surface area (Å²) in [4.78, 5) is 0. The predicted octanol–water partition coefficient (Wildman–Crippen LogP) is 5.73. The molecule has 2 rings (SSSR count). The molecule has 1 nitrogen and oxygen atoms in total. The van der Waals surface area contributed by atoms with Crippen molar-refractivity contribution in [2.45, 2.75) is 25.3 Å². The molecule has 0 saturated heterocycles. The van der Waals surface area contributed by atoms with Gasteiger partial charge in [-0.3, -0.25) is 0 Å². The van der Waals surface area contributed by atoms with Crippen LogP contribution in [0.25, 0.3) is 0 Å². The summed E-state index contributed by atoms with van der Waals surface area (Å²) in [6, 6.07) is 9.08. The van der Waals surface area contributed by atoms with E-state index in [9.17, 15) is 8.78 Å². The molecule has 5 heteroatoms. The van der Waals surface area contributed by atoms with Crippen LogP contribution in [0.5, 0.6) is 5.75 Å². The third-order valence-electron chi connectivity index (χ3n) is 2.84. The lowest BCUT2D eigenvalue weighted by atomic mass is 10.0. The van der Waals surface area contributed by atoms with Crippen molar-refractivity contribution in [2.24, 2.45) is 0 Å². The molecule has 2 aromatic carbocycles. The van der Waals surface area contributed by atoms with Crippen molar-refractivity contribution >= 4 is 23.2 Å². The minimum absolute atomic E-state index is 0.0286. The Kier molecular flexibility index (Phi) is 5.07. The Morgan fingerprint density at radius 3 is 2.38 bits per heavy atom. The standard InChI is InChI=1S/C16H14Cl2F2O/c1-9(2)21-11-5-3-4-10(6-11)16(18)12-7-14(19)15(20)8-13(12)17/h3-9,16H,1-2H3. The van der Waals surface area contributed by atoms with Gasteiger partial charge in [0, 0.05) is 5.02 Å². The number of ether oxygens (including phenoxy) is 1. The molecule has 0 amide bonds. The van der Waals surface area contributed by atoms with Crippen LogP contribution in [0.15, 0.2) is 36.4 Å². The number of hydrogen-bond acceptors (Lipinski definition) is 1. The second-order valence-corrected chi connectivity index (χ2v) is 5.73. The van der Waals surface area contributed by atoms with Gasteiger partial charge < -0.3 is 4.74 Å². The van der Waals surface area contributed by atoms with Crippen molar-refractivity contribution in [3.8, 4) is 5.75 Å². The van der Waals surface area contributed by atoms with Gasteiger partial charge in [0.1, 0.15) is 5.75 Å². The highest BCUT2D eigenvalue weighted by Gasteiger charge is 2.18. The van der Waals surface area contributed by atoms with Gasteiger partial charge in [0.05, 0.1) is 11.5 Å². The molecule has 0 radical (unpaired) electrons. The molecule has 2 aromatic rings. The number of halogens is 4. The zero-order valence-electron chi connectivity index (χ0n) is 11.5. The molecule has 0 bridgehead atoms. The fourth-order valence-electron chi connectivity index (χ4n) is 1.93. The summed E-state index contributed by atoms with van der Waals surface area (Å²) in [5, 5.41) is -0.604. The van der Waals surface area contributed by atoms with Crippen LogP contribution in [-0.2, 0) is 0 Å². The zero-order valence-corrected chi connectivity index (χ0v) is 13.1. The van der Waals surface area contributed by atoms with E-state index in [1.807, 2.05) is 13.8 Å². The van der Waals surface area contributed by atoms with Gasteiger partial charge in [0.25, 0.3) is 0 Å². The quantitative estimate of drug-likeness (QED) is 0.513. The molecule has 1 atom stereocenters. The van der Waals surface area contributed by atoms with Gasteiger partial charge in [-0.05, 0) is 49.2 Å². The third-order valence-corrected chi connectivity index (χ3v) is 3.65. The first-order chi connectivity index (χ1) is 9.88. The fourth-order valence-corrected chi connectivity index (χ4v) is 2.56. The van der Waals surface area contributed by atoms with E-state index in [1.165, 1.54) is 0 Å². The van der Waals surface area contributed by atoms with E-state index < -0.39 is 17.0 Å². The van der Waals surface area contributed by atoms with E-state index in [0.717, 1.165) is 12.1 Å². The molecule has 0 N–H and O–H groups in total. The molecule has 0 spiro atoms. The first kappa shape index (κ1) is 16.1. The lowest BCUT2D eigenvalue weighted by Gasteiger charge is -2.15. The fraction of sp³-hybridized carbons (Fsp3) is 0.250. The Morgan fingerprint density at radius 2 is 1.71 bits per heavy atom. The van der Waals surface area contributed by atoms with Gasteiger partial charge in [-0.25, -0.2) is 8.78 Å². The van der Waals surface area contributed by atoms with Crippen LogP contribution in [0.4, 0.5) is 8.78 Å². The molecular formula is C16H14Cl2F2O. The summed E-state index contributed by atoms with van der Waals surface area (Å²) in [5.41, 5.74) is 1.02. The number of benzene rings is 2. The van der Waals surface area contributed by atoms with E-state index >= 15 is 0 Å². The monoisotopic (exact) mass is 330 g/mol. The largest absolute Gasteiger partial charge is 0.491 e. The van der Waals surface area contributed by atoms with Gasteiger partial charge in [-0.15, -0.1) is 11.6 Å². The highest BCUT2D eigenvalue weighted by Crippen LogP contribution is 2.36. The molecule has 112 valence electrons. The summed E-state index contributed by atoms with van der Waals surface area (Å²) >= 11 is 12.3. The van der Waals surface area contributed by atoms with Crippen molar-refractivity contribution in [1.29, 1.82) is 0 Å². The Hall–Kier alpha value is -1.32. The molecule has 0 heterocycles. The molecule has 0 aliphatic rings. The molecule has 1 unspecified atom stereocenters. The average molecular weight is 331 g/mol. The highest BCUT2D eigenvalue weighted by atomic mass is 35.5. The maximum Gasteiger partial charge on any atom is 0.160 e. The Balaban J connectivity index is 2.36. The minimum Gasteiger partial charge on any atom is -0.491 e. The maximum absolute atomic E-state index is 13.4. The smallest absolute Gasteiger partial charge is 0.160 e.